The van der Waals surface area contributed by atoms with Gasteiger partial charge in [-0.05, 0) is 104 Å². The number of rotatable bonds is 2. The molecule has 0 amide bonds. The van der Waals surface area contributed by atoms with Gasteiger partial charge in [-0.1, -0.05) is 53.2 Å². The van der Waals surface area contributed by atoms with Crippen LogP contribution < -0.4 is 0 Å². The molecule has 0 aromatic rings. The van der Waals surface area contributed by atoms with Crippen LogP contribution in [-0.4, -0.2) is 39.9 Å². The van der Waals surface area contributed by atoms with E-state index in [9.17, 15) is 20.1 Å². The van der Waals surface area contributed by atoms with Crippen LogP contribution in [0.25, 0.3) is 0 Å². The molecule has 0 aliphatic heterocycles. The third kappa shape index (κ3) is 3.00. The Bertz CT molecular complexity index is 927. The molecule has 0 bridgehead atoms. The highest BCUT2D eigenvalue weighted by molar-refractivity contribution is 5.84. The van der Waals surface area contributed by atoms with Crippen LogP contribution in [0.5, 0.6) is 0 Å². The minimum atomic E-state index is -0.879. The first-order chi connectivity index (χ1) is 16.2. The quantitative estimate of drug-likeness (QED) is 0.448. The van der Waals surface area contributed by atoms with E-state index < -0.39 is 17.6 Å². The normalized spacial score (nSPS) is 57.8. The lowest BCUT2D eigenvalue weighted by molar-refractivity contribution is -0.243. The number of fused-ring (bicyclic) bond motifs is 7. The molecule has 4 fully saturated rings. The zero-order valence-electron chi connectivity index (χ0n) is 23.2. The number of Topliss-reactive ketones (excluding diaryl/α,β-unsaturated/α-hetero) is 1. The van der Waals surface area contributed by atoms with Crippen LogP contribution in [0, 0.1) is 56.7 Å². The van der Waals surface area contributed by atoms with E-state index in [1.165, 1.54) is 0 Å². The van der Waals surface area contributed by atoms with Crippen LogP contribution in [0.3, 0.4) is 0 Å². The van der Waals surface area contributed by atoms with Crippen LogP contribution in [0.15, 0.2) is 11.6 Å². The number of hydrogen-bond acceptors (Lipinski definition) is 4. The van der Waals surface area contributed by atoms with E-state index in [1.807, 2.05) is 13.8 Å². The Morgan fingerprint density at radius 3 is 2.31 bits per heavy atom. The molecule has 4 saturated carbocycles. The fourth-order valence-corrected chi connectivity index (χ4v) is 11.2. The maximum atomic E-state index is 13.3. The van der Waals surface area contributed by atoms with Gasteiger partial charge in [0, 0.05) is 10.8 Å². The lowest BCUT2D eigenvalue weighted by Gasteiger charge is -2.72. The van der Waals surface area contributed by atoms with Gasteiger partial charge in [-0.3, -0.25) is 4.79 Å². The summed E-state index contributed by atoms with van der Waals surface area (Å²) in [6.07, 6.45) is 8.74. The van der Waals surface area contributed by atoms with E-state index in [2.05, 4.69) is 40.7 Å². The Labute approximate surface area is 213 Å². The number of aliphatic hydroxyl groups excluding tert-OH is 3. The maximum Gasteiger partial charge on any atom is 0.136 e. The van der Waals surface area contributed by atoms with Gasteiger partial charge in [0.2, 0.25) is 0 Å². The van der Waals surface area contributed by atoms with Crippen LogP contribution >= 0.6 is 0 Å². The predicted octanol–water partition coefficient (Wildman–Crippen LogP) is 5.54. The lowest BCUT2D eigenvalue weighted by atomic mass is 9.33. The average Bonchev–Trinajstić information content (AvgIpc) is 2.80. The fraction of sp³-hybridized carbons (Fsp3) is 0.903. The lowest BCUT2D eigenvalue weighted by Crippen LogP contribution is -2.68. The van der Waals surface area contributed by atoms with Crippen molar-refractivity contribution < 1.29 is 20.1 Å². The second-order valence-electron chi connectivity index (χ2n) is 14.7. The van der Waals surface area contributed by atoms with Crippen molar-refractivity contribution in [3.63, 3.8) is 0 Å². The zero-order chi connectivity index (χ0) is 25.8. The van der Waals surface area contributed by atoms with E-state index in [0.29, 0.717) is 35.9 Å². The van der Waals surface area contributed by atoms with Crippen molar-refractivity contribution >= 4 is 5.78 Å². The summed E-state index contributed by atoms with van der Waals surface area (Å²) in [5.74, 6) is 2.45. The smallest absolute Gasteiger partial charge is 0.136 e. The predicted molar refractivity (Wildman–Crippen MR) is 138 cm³/mol. The van der Waals surface area contributed by atoms with Crippen LogP contribution in [0.1, 0.15) is 99.8 Å². The van der Waals surface area contributed by atoms with E-state index in [-0.39, 0.29) is 34.2 Å². The highest BCUT2D eigenvalue weighted by Crippen LogP contribution is 2.75. The molecule has 0 aromatic carbocycles. The summed E-state index contributed by atoms with van der Waals surface area (Å²) in [5, 5.41) is 32.4. The highest BCUT2D eigenvalue weighted by atomic mass is 16.3. The molecule has 0 heterocycles. The highest BCUT2D eigenvalue weighted by Gasteiger charge is 2.70. The van der Waals surface area contributed by atoms with Gasteiger partial charge < -0.3 is 15.3 Å². The second kappa shape index (κ2) is 7.90. The van der Waals surface area contributed by atoms with Crippen molar-refractivity contribution in [3.05, 3.63) is 11.6 Å². The number of carbonyl (C=O) groups excluding carboxylic acids is 1. The Hall–Kier alpha value is -0.710. The Kier molecular flexibility index (Phi) is 5.85. The number of allylic oxidation sites excluding steroid dienone is 2. The van der Waals surface area contributed by atoms with Crippen molar-refractivity contribution in [2.75, 3.05) is 6.61 Å². The summed E-state index contributed by atoms with van der Waals surface area (Å²) in [7, 11) is 0. The molecular weight excluding hydrogens is 436 g/mol. The average molecular weight is 487 g/mol. The van der Waals surface area contributed by atoms with Crippen molar-refractivity contribution in [2.45, 2.75) is 112 Å². The van der Waals surface area contributed by atoms with Gasteiger partial charge in [0.05, 0.1) is 18.8 Å². The SMILES string of the molecule is CC(=O)[C@]12CC[C@@H](C)[C@H](C)[C@H]1C1=CC[C@@H]3[C@@]4(C)C[C@@H](O)[C@H](O)[C@@](C)(CO)[C@@H]4CC[C@@]3(C)[C@]1(C)CC2. The van der Waals surface area contributed by atoms with Gasteiger partial charge in [0.25, 0.3) is 0 Å². The number of ketones is 1. The molecule has 4 heteroatoms. The summed E-state index contributed by atoms with van der Waals surface area (Å²) >= 11 is 0. The molecule has 0 unspecified atom stereocenters. The topological polar surface area (TPSA) is 77.8 Å². The third-order valence-electron chi connectivity index (χ3n) is 13.8. The van der Waals surface area contributed by atoms with Crippen molar-refractivity contribution in [1.29, 1.82) is 0 Å². The first-order valence-electron chi connectivity index (χ1n) is 14.4. The minimum absolute atomic E-state index is 0.0372. The van der Waals surface area contributed by atoms with E-state index >= 15 is 0 Å². The molecule has 35 heavy (non-hydrogen) atoms. The Morgan fingerprint density at radius 1 is 1.00 bits per heavy atom. The van der Waals surface area contributed by atoms with E-state index in [1.54, 1.807) is 5.57 Å². The van der Waals surface area contributed by atoms with E-state index in [4.69, 9.17) is 0 Å². The summed E-state index contributed by atoms with van der Waals surface area (Å²) in [5.41, 5.74) is 0.666. The van der Waals surface area contributed by atoms with Gasteiger partial charge >= 0.3 is 0 Å². The molecule has 5 rings (SSSR count). The van der Waals surface area contributed by atoms with Gasteiger partial charge in [0.1, 0.15) is 5.78 Å². The van der Waals surface area contributed by atoms with Gasteiger partial charge in [-0.15, -0.1) is 0 Å². The molecule has 198 valence electrons. The first kappa shape index (κ1) is 25.9. The van der Waals surface area contributed by atoms with Crippen molar-refractivity contribution in [1.82, 2.24) is 0 Å². The summed E-state index contributed by atoms with van der Waals surface area (Å²) in [4.78, 5) is 13.3. The summed E-state index contributed by atoms with van der Waals surface area (Å²) in [6, 6.07) is 0. The zero-order valence-corrected chi connectivity index (χ0v) is 23.2. The van der Waals surface area contributed by atoms with Gasteiger partial charge in [0.15, 0.2) is 0 Å². The minimum Gasteiger partial charge on any atom is -0.396 e. The molecular formula is C31H50O4. The third-order valence-corrected chi connectivity index (χ3v) is 13.8. The molecule has 12 atom stereocenters. The van der Waals surface area contributed by atoms with Gasteiger partial charge in [-0.2, -0.15) is 0 Å². The van der Waals surface area contributed by atoms with Crippen LogP contribution in [0.2, 0.25) is 0 Å². The molecule has 0 saturated heterocycles. The molecule has 0 spiro atoms. The summed E-state index contributed by atoms with van der Waals surface area (Å²) < 4.78 is 0. The van der Waals surface area contributed by atoms with E-state index in [0.717, 1.165) is 44.9 Å². The monoisotopic (exact) mass is 486 g/mol. The second-order valence-corrected chi connectivity index (χ2v) is 14.7. The van der Waals surface area contributed by atoms with Crippen molar-refractivity contribution in [3.8, 4) is 0 Å². The maximum absolute atomic E-state index is 13.3. The fourth-order valence-electron chi connectivity index (χ4n) is 11.2. The Morgan fingerprint density at radius 2 is 1.69 bits per heavy atom. The molecule has 5 aliphatic rings. The Balaban J connectivity index is 1.62. The van der Waals surface area contributed by atoms with Gasteiger partial charge in [-0.25, -0.2) is 0 Å². The van der Waals surface area contributed by atoms with Crippen molar-refractivity contribution in [2.24, 2.45) is 56.7 Å². The molecule has 3 N–H and O–H groups in total. The molecule has 4 nitrogen and oxygen atoms in total. The summed E-state index contributed by atoms with van der Waals surface area (Å²) in [6.45, 7) is 15.9. The van der Waals surface area contributed by atoms with Crippen LogP contribution in [0.4, 0.5) is 0 Å². The standard InChI is InChI=1S/C31H50O4/c1-18-10-13-31(20(3)33)15-14-29(6)21(25(31)19(18)2)8-9-24-27(4)16-22(34)26(35)28(5,17-32)23(27)11-12-30(24,29)7/h8,18-19,22-26,32,34-35H,9-17H2,1-7H3/t18-,19+,22-,23-,24-,25+,26+,27+,28+,29-,30-,31-/m1/s1. The largest absolute Gasteiger partial charge is 0.396 e. The number of hydrogen-bond donors (Lipinski definition) is 3. The number of carbonyl (C=O) groups is 1. The first-order valence-corrected chi connectivity index (χ1v) is 14.4. The van der Waals surface area contributed by atoms with Crippen LogP contribution in [-0.2, 0) is 4.79 Å². The molecule has 0 radical (unpaired) electrons. The number of aliphatic hydroxyl groups is 3. The molecule has 0 aromatic heterocycles. The molecule has 5 aliphatic carbocycles.